The van der Waals surface area contributed by atoms with E-state index in [0.717, 1.165) is 5.56 Å². The molecule has 0 aliphatic carbocycles. The summed E-state index contributed by atoms with van der Waals surface area (Å²) < 4.78 is 4.56. The van der Waals surface area contributed by atoms with Gasteiger partial charge < -0.3 is 4.74 Å². The first-order chi connectivity index (χ1) is 10.6. The normalized spacial score (nSPS) is 10.6. The molecule has 1 aromatic carbocycles. The Hall–Kier alpha value is -2.18. The minimum atomic E-state index is -0.370. The number of aromatic nitrogens is 1. The van der Waals surface area contributed by atoms with Crippen LogP contribution in [-0.2, 0) is 20.7 Å². The molecule has 0 fully saturated rings. The number of carbonyl (C=O) groups excluding carboxylic acids is 2. The summed E-state index contributed by atoms with van der Waals surface area (Å²) in [5.41, 5.74) is 1.43. The Kier molecular flexibility index (Phi) is 5.68. The van der Waals surface area contributed by atoms with Gasteiger partial charge in [0, 0.05) is 16.5 Å². The number of nitrogens with one attached hydrogen (secondary N) is 1. The molecule has 114 valence electrons. The average molecular weight is 337 g/mol. The number of carbonyl (C=O) groups is 2. The summed E-state index contributed by atoms with van der Waals surface area (Å²) in [5.74, 6) is -0.667. The summed E-state index contributed by atoms with van der Waals surface area (Å²) in [4.78, 5) is 27.1. The van der Waals surface area contributed by atoms with Crippen LogP contribution in [0.3, 0.4) is 0 Å². The summed E-state index contributed by atoms with van der Waals surface area (Å²) in [6.45, 7) is 0. The number of esters is 1. The van der Waals surface area contributed by atoms with Gasteiger partial charge in [0.2, 0.25) is 5.91 Å². The van der Waals surface area contributed by atoms with Crippen molar-refractivity contribution in [1.82, 2.24) is 4.98 Å². The average Bonchev–Trinajstić information content (AvgIpc) is 2.93. The highest BCUT2D eigenvalue weighted by molar-refractivity contribution is 7.14. The van der Waals surface area contributed by atoms with Gasteiger partial charge in [0.15, 0.2) is 5.13 Å². The van der Waals surface area contributed by atoms with E-state index in [-0.39, 0.29) is 18.3 Å². The zero-order valence-corrected chi connectivity index (χ0v) is 13.3. The lowest BCUT2D eigenvalue weighted by Crippen LogP contribution is -2.08. The second kappa shape index (κ2) is 7.72. The lowest BCUT2D eigenvalue weighted by molar-refractivity contribution is -0.139. The minimum Gasteiger partial charge on any atom is -0.469 e. The quantitative estimate of drug-likeness (QED) is 0.672. The highest BCUT2D eigenvalue weighted by atomic mass is 35.5. The molecule has 0 saturated heterocycles. The third-order valence-corrected chi connectivity index (χ3v) is 3.69. The van der Waals surface area contributed by atoms with Crippen LogP contribution in [0, 0.1) is 0 Å². The van der Waals surface area contributed by atoms with E-state index in [0.29, 0.717) is 15.8 Å². The van der Waals surface area contributed by atoms with Crippen molar-refractivity contribution in [2.75, 3.05) is 12.4 Å². The fourth-order valence-electron chi connectivity index (χ4n) is 1.56. The fourth-order valence-corrected chi connectivity index (χ4v) is 2.40. The molecule has 1 aromatic heterocycles. The maximum absolute atomic E-state index is 11.8. The van der Waals surface area contributed by atoms with Crippen LogP contribution in [0.2, 0.25) is 5.02 Å². The highest BCUT2D eigenvalue weighted by Crippen LogP contribution is 2.16. The Balaban J connectivity index is 1.91. The van der Waals surface area contributed by atoms with Crippen LogP contribution in [0.15, 0.2) is 35.7 Å². The summed E-state index contributed by atoms with van der Waals surface area (Å²) in [5, 5.41) is 5.42. The number of halogens is 1. The third-order valence-electron chi connectivity index (χ3n) is 2.63. The van der Waals surface area contributed by atoms with Gasteiger partial charge in [-0.25, -0.2) is 4.98 Å². The van der Waals surface area contributed by atoms with E-state index < -0.39 is 0 Å². The molecular formula is C15H13ClN2O3S. The lowest BCUT2D eigenvalue weighted by Gasteiger charge is -1.97. The van der Waals surface area contributed by atoms with Crippen molar-refractivity contribution in [2.45, 2.75) is 6.42 Å². The molecule has 1 heterocycles. The van der Waals surface area contributed by atoms with Crippen LogP contribution in [0.25, 0.3) is 6.08 Å². The number of amides is 1. The fraction of sp³-hybridized carbons (Fsp3) is 0.133. The number of rotatable bonds is 5. The van der Waals surface area contributed by atoms with Crippen molar-refractivity contribution in [2.24, 2.45) is 0 Å². The number of hydrogen-bond acceptors (Lipinski definition) is 5. The first kappa shape index (κ1) is 16.2. The second-order valence-electron chi connectivity index (χ2n) is 4.27. The van der Waals surface area contributed by atoms with Crippen LogP contribution in [0.5, 0.6) is 0 Å². The molecule has 1 N–H and O–H groups in total. The van der Waals surface area contributed by atoms with E-state index in [2.05, 4.69) is 15.0 Å². The number of methoxy groups -OCH3 is 1. The van der Waals surface area contributed by atoms with Crippen molar-refractivity contribution in [3.63, 3.8) is 0 Å². The van der Waals surface area contributed by atoms with E-state index in [1.807, 2.05) is 12.1 Å². The van der Waals surface area contributed by atoms with E-state index in [1.54, 1.807) is 23.6 Å². The number of ether oxygens (including phenoxy) is 1. The molecule has 2 rings (SSSR count). The minimum absolute atomic E-state index is 0.0868. The van der Waals surface area contributed by atoms with Gasteiger partial charge in [0.25, 0.3) is 0 Å². The van der Waals surface area contributed by atoms with Gasteiger partial charge in [-0.05, 0) is 23.8 Å². The Bertz CT molecular complexity index is 695. The summed E-state index contributed by atoms with van der Waals surface area (Å²) in [6, 6.07) is 7.12. The molecule has 0 aliphatic rings. The van der Waals surface area contributed by atoms with Crippen molar-refractivity contribution < 1.29 is 14.3 Å². The number of thiazole rings is 1. The molecule has 1 amide bonds. The van der Waals surface area contributed by atoms with Crippen molar-refractivity contribution in [3.05, 3.63) is 52.0 Å². The SMILES string of the molecule is COC(=O)Cc1csc(NC(=O)/C=C\c2ccc(Cl)cc2)n1. The van der Waals surface area contributed by atoms with E-state index in [1.165, 1.54) is 24.5 Å². The maximum atomic E-state index is 11.8. The Labute approximate surface area is 136 Å². The highest BCUT2D eigenvalue weighted by Gasteiger charge is 2.08. The van der Waals surface area contributed by atoms with Gasteiger partial charge in [-0.2, -0.15) is 0 Å². The standard InChI is InChI=1S/C15H13ClN2O3S/c1-21-14(20)8-12-9-22-15(17-12)18-13(19)7-4-10-2-5-11(16)6-3-10/h2-7,9H,8H2,1H3,(H,17,18,19)/b7-4-. The number of anilines is 1. The van der Waals surface area contributed by atoms with Crippen molar-refractivity contribution >= 4 is 46.0 Å². The number of nitrogens with zero attached hydrogens (tertiary/aromatic N) is 1. The van der Waals surface area contributed by atoms with Crippen molar-refractivity contribution in [3.8, 4) is 0 Å². The predicted octanol–water partition coefficient (Wildman–Crippen LogP) is 3.16. The van der Waals surface area contributed by atoms with Gasteiger partial charge in [-0.15, -0.1) is 11.3 Å². The molecule has 0 unspecified atom stereocenters. The second-order valence-corrected chi connectivity index (χ2v) is 5.57. The molecule has 0 atom stereocenters. The number of hydrogen-bond donors (Lipinski definition) is 1. The van der Waals surface area contributed by atoms with Gasteiger partial charge in [-0.3, -0.25) is 14.9 Å². The Morgan fingerprint density at radius 1 is 1.36 bits per heavy atom. The lowest BCUT2D eigenvalue weighted by atomic mass is 10.2. The van der Waals surface area contributed by atoms with Crippen LogP contribution < -0.4 is 5.32 Å². The molecule has 0 radical (unpaired) electrons. The third kappa shape index (κ3) is 4.98. The maximum Gasteiger partial charge on any atom is 0.311 e. The summed E-state index contributed by atoms with van der Waals surface area (Å²) in [7, 11) is 1.32. The first-order valence-electron chi connectivity index (χ1n) is 6.32. The van der Waals surface area contributed by atoms with Crippen LogP contribution >= 0.6 is 22.9 Å². The Morgan fingerprint density at radius 2 is 2.09 bits per heavy atom. The molecular weight excluding hydrogens is 324 g/mol. The first-order valence-corrected chi connectivity index (χ1v) is 7.58. The predicted molar refractivity (Wildman–Crippen MR) is 86.9 cm³/mol. The van der Waals surface area contributed by atoms with E-state index >= 15 is 0 Å². The van der Waals surface area contributed by atoms with Gasteiger partial charge in [0.05, 0.1) is 19.2 Å². The van der Waals surface area contributed by atoms with Gasteiger partial charge in [-0.1, -0.05) is 23.7 Å². The monoisotopic (exact) mass is 336 g/mol. The summed E-state index contributed by atoms with van der Waals surface area (Å²) in [6.07, 6.45) is 3.17. The zero-order chi connectivity index (χ0) is 15.9. The molecule has 22 heavy (non-hydrogen) atoms. The molecule has 7 heteroatoms. The molecule has 0 saturated carbocycles. The molecule has 0 bridgehead atoms. The Morgan fingerprint density at radius 3 is 2.77 bits per heavy atom. The topological polar surface area (TPSA) is 68.3 Å². The molecule has 5 nitrogen and oxygen atoms in total. The van der Waals surface area contributed by atoms with Crippen LogP contribution in [-0.4, -0.2) is 24.0 Å². The zero-order valence-electron chi connectivity index (χ0n) is 11.7. The van der Waals surface area contributed by atoms with E-state index in [9.17, 15) is 9.59 Å². The molecule has 2 aromatic rings. The van der Waals surface area contributed by atoms with Crippen molar-refractivity contribution in [1.29, 1.82) is 0 Å². The van der Waals surface area contributed by atoms with Gasteiger partial charge >= 0.3 is 5.97 Å². The smallest absolute Gasteiger partial charge is 0.311 e. The largest absolute Gasteiger partial charge is 0.469 e. The van der Waals surface area contributed by atoms with E-state index in [4.69, 9.17) is 11.6 Å². The summed E-state index contributed by atoms with van der Waals surface area (Å²) >= 11 is 7.04. The van der Waals surface area contributed by atoms with Crippen LogP contribution in [0.4, 0.5) is 5.13 Å². The van der Waals surface area contributed by atoms with Crippen LogP contribution in [0.1, 0.15) is 11.3 Å². The van der Waals surface area contributed by atoms with Gasteiger partial charge in [0.1, 0.15) is 0 Å². The molecule has 0 spiro atoms. The molecule has 0 aliphatic heterocycles. The number of benzene rings is 1.